The number of nitrogens with one attached hydrogen (secondary N) is 1. The molecular formula is C14H19N5OS. The van der Waals surface area contributed by atoms with E-state index in [1.807, 2.05) is 6.92 Å². The first kappa shape index (κ1) is 15.6. The molecule has 1 aliphatic rings. The molecule has 21 heavy (non-hydrogen) atoms. The van der Waals surface area contributed by atoms with Gasteiger partial charge >= 0.3 is 0 Å². The number of anilines is 1. The van der Waals surface area contributed by atoms with Crippen LogP contribution >= 0.6 is 11.8 Å². The smallest absolute Gasteiger partial charge is 0.231 e. The van der Waals surface area contributed by atoms with E-state index in [2.05, 4.69) is 21.4 Å². The number of nitrogens with two attached hydrogens (primary N) is 1. The van der Waals surface area contributed by atoms with Crippen molar-refractivity contribution in [1.82, 2.24) is 15.3 Å². The molecule has 1 heterocycles. The van der Waals surface area contributed by atoms with Gasteiger partial charge in [0, 0.05) is 11.8 Å². The molecule has 0 radical (unpaired) electrons. The fourth-order valence-corrected chi connectivity index (χ4v) is 3.19. The van der Waals surface area contributed by atoms with Crippen molar-refractivity contribution in [2.75, 3.05) is 11.5 Å². The van der Waals surface area contributed by atoms with Crippen LogP contribution in [0.15, 0.2) is 11.2 Å². The normalized spacial score (nSPS) is 17.0. The van der Waals surface area contributed by atoms with Crippen LogP contribution in [-0.2, 0) is 4.79 Å². The van der Waals surface area contributed by atoms with Gasteiger partial charge in [-0.05, 0) is 19.8 Å². The van der Waals surface area contributed by atoms with Gasteiger partial charge in [-0.15, -0.1) is 0 Å². The molecule has 6 nitrogen and oxygen atoms in total. The summed E-state index contributed by atoms with van der Waals surface area (Å²) in [4.78, 5) is 20.3. The van der Waals surface area contributed by atoms with Crippen LogP contribution < -0.4 is 11.1 Å². The molecule has 3 N–H and O–H groups in total. The lowest BCUT2D eigenvalue weighted by Gasteiger charge is -2.31. The molecule has 1 aromatic heterocycles. The minimum absolute atomic E-state index is 0.160. The lowest BCUT2D eigenvalue weighted by Crippen LogP contribution is -2.49. The maximum absolute atomic E-state index is 12.0. The van der Waals surface area contributed by atoms with E-state index in [4.69, 9.17) is 5.73 Å². The third-order valence-electron chi connectivity index (χ3n) is 3.49. The van der Waals surface area contributed by atoms with Crippen LogP contribution in [0.4, 0.5) is 5.82 Å². The standard InChI is InChI=1S/C14H19N5OS/c1-10-7-11(16)18-13(17-10)21-8-12(20)19-14(9-15)5-3-2-4-6-14/h7H,2-6,8H2,1H3,(H,19,20)(H2,16,17,18). The lowest BCUT2D eigenvalue weighted by molar-refractivity contribution is -0.120. The Kier molecular flexibility index (Phi) is 5.02. The summed E-state index contributed by atoms with van der Waals surface area (Å²) in [6.45, 7) is 1.83. The number of rotatable bonds is 4. The predicted molar refractivity (Wildman–Crippen MR) is 81.5 cm³/mol. The molecule has 7 heteroatoms. The number of carbonyl (C=O) groups is 1. The van der Waals surface area contributed by atoms with Crippen LogP contribution in [0.1, 0.15) is 37.8 Å². The first-order valence-electron chi connectivity index (χ1n) is 6.99. The zero-order valence-electron chi connectivity index (χ0n) is 12.1. The van der Waals surface area contributed by atoms with Crippen LogP contribution in [0.3, 0.4) is 0 Å². The number of hydrogen-bond donors (Lipinski definition) is 2. The van der Waals surface area contributed by atoms with Crippen molar-refractivity contribution < 1.29 is 4.79 Å². The number of hydrogen-bond acceptors (Lipinski definition) is 6. The van der Waals surface area contributed by atoms with Crippen LogP contribution in [0.5, 0.6) is 0 Å². The molecule has 1 fully saturated rings. The molecule has 0 aliphatic heterocycles. The molecule has 0 bridgehead atoms. The highest BCUT2D eigenvalue weighted by Gasteiger charge is 2.33. The van der Waals surface area contributed by atoms with Gasteiger partial charge in [0.2, 0.25) is 5.91 Å². The fraction of sp³-hybridized carbons (Fsp3) is 0.571. The van der Waals surface area contributed by atoms with E-state index in [0.717, 1.165) is 37.8 Å². The van der Waals surface area contributed by atoms with E-state index in [9.17, 15) is 10.1 Å². The van der Waals surface area contributed by atoms with Crippen molar-refractivity contribution in [3.8, 4) is 6.07 Å². The summed E-state index contributed by atoms with van der Waals surface area (Å²) in [5, 5.41) is 12.7. The van der Waals surface area contributed by atoms with Crippen LogP contribution in [0.25, 0.3) is 0 Å². The number of thioether (sulfide) groups is 1. The molecule has 1 aromatic rings. The number of nitriles is 1. The Morgan fingerprint density at radius 2 is 2.19 bits per heavy atom. The molecule has 1 saturated carbocycles. The second kappa shape index (κ2) is 6.76. The van der Waals surface area contributed by atoms with Crippen LogP contribution in [-0.4, -0.2) is 27.2 Å². The van der Waals surface area contributed by atoms with Gasteiger partial charge in [0.05, 0.1) is 11.8 Å². The number of aryl methyl sites for hydroxylation is 1. The first-order valence-corrected chi connectivity index (χ1v) is 7.98. The highest BCUT2D eigenvalue weighted by Crippen LogP contribution is 2.27. The Balaban J connectivity index is 1.91. The monoisotopic (exact) mass is 305 g/mol. The summed E-state index contributed by atoms with van der Waals surface area (Å²) in [6.07, 6.45) is 4.56. The van der Waals surface area contributed by atoms with Gasteiger partial charge < -0.3 is 11.1 Å². The Morgan fingerprint density at radius 3 is 2.81 bits per heavy atom. The largest absolute Gasteiger partial charge is 0.384 e. The van der Waals surface area contributed by atoms with Gasteiger partial charge in [-0.3, -0.25) is 4.79 Å². The average Bonchev–Trinajstić information content (AvgIpc) is 2.45. The third kappa shape index (κ3) is 4.33. The SMILES string of the molecule is Cc1cc(N)nc(SCC(=O)NC2(C#N)CCCCC2)n1. The maximum atomic E-state index is 12.0. The van der Waals surface area contributed by atoms with Crippen molar-refractivity contribution in [1.29, 1.82) is 5.26 Å². The Hall–Kier alpha value is -1.81. The third-order valence-corrected chi connectivity index (χ3v) is 4.33. The number of amides is 1. The van der Waals surface area contributed by atoms with Crippen molar-refractivity contribution >= 4 is 23.5 Å². The van der Waals surface area contributed by atoms with Crippen molar-refractivity contribution in [3.63, 3.8) is 0 Å². The van der Waals surface area contributed by atoms with Gasteiger partial charge in [0.1, 0.15) is 11.4 Å². The summed E-state index contributed by atoms with van der Waals surface area (Å²) < 4.78 is 0. The van der Waals surface area contributed by atoms with Gasteiger partial charge in [-0.25, -0.2) is 9.97 Å². The minimum atomic E-state index is -0.692. The molecule has 0 spiro atoms. The Bertz CT molecular complexity index is 543. The van der Waals surface area contributed by atoms with Gasteiger partial charge in [-0.2, -0.15) is 5.26 Å². The number of aromatic nitrogens is 2. The molecule has 1 aliphatic carbocycles. The topological polar surface area (TPSA) is 105 Å². The van der Waals surface area contributed by atoms with Crippen molar-refractivity contribution in [2.45, 2.75) is 49.7 Å². The fourth-order valence-electron chi connectivity index (χ4n) is 2.48. The summed E-state index contributed by atoms with van der Waals surface area (Å²) in [5.74, 6) is 0.421. The molecule has 112 valence electrons. The summed E-state index contributed by atoms with van der Waals surface area (Å²) >= 11 is 1.23. The van der Waals surface area contributed by atoms with E-state index in [-0.39, 0.29) is 11.7 Å². The predicted octanol–water partition coefficient (Wildman–Crippen LogP) is 1.80. The Morgan fingerprint density at radius 1 is 1.48 bits per heavy atom. The zero-order valence-corrected chi connectivity index (χ0v) is 12.9. The molecule has 0 aromatic carbocycles. The molecule has 0 saturated heterocycles. The van der Waals surface area contributed by atoms with Gasteiger partial charge in [-0.1, -0.05) is 31.0 Å². The second-order valence-electron chi connectivity index (χ2n) is 5.31. The van der Waals surface area contributed by atoms with E-state index < -0.39 is 5.54 Å². The summed E-state index contributed by atoms with van der Waals surface area (Å²) in [5.41, 5.74) is 5.73. The highest BCUT2D eigenvalue weighted by molar-refractivity contribution is 7.99. The molecule has 0 unspecified atom stereocenters. The molecule has 2 rings (SSSR count). The Labute approximate surface area is 128 Å². The van der Waals surface area contributed by atoms with Gasteiger partial charge in [0.25, 0.3) is 0 Å². The number of nitrogen functional groups attached to an aromatic ring is 1. The quantitative estimate of drug-likeness (QED) is 0.649. The van der Waals surface area contributed by atoms with Crippen molar-refractivity contribution in [3.05, 3.63) is 11.8 Å². The second-order valence-corrected chi connectivity index (χ2v) is 6.25. The lowest BCUT2D eigenvalue weighted by atomic mass is 9.83. The first-order chi connectivity index (χ1) is 10.0. The summed E-state index contributed by atoms with van der Waals surface area (Å²) in [7, 11) is 0. The maximum Gasteiger partial charge on any atom is 0.231 e. The number of nitrogens with zero attached hydrogens (tertiary/aromatic N) is 3. The number of carbonyl (C=O) groups excluding carboxylic acids is 1. The van der Waals surface area contributed by atoms with E-state index >= 15 is 0 Å². The van der Waals surface area contributed by atoms with E-state index in [1.165, 1.54) is 11.8 Å². The molecule has 1 amide bonds. The van der Waals surface area contributed by atoms with Crippen LogP contribution in [0, 0.1) is 18.3 Å². The highest BCUT2D eigenvalue weighted by atomic mass is 32.2. The van der Waals surface area contributed by atoms with Gasteiger partial charge in [0.15, 0.2) is 5.16 Å². The minimum Gasteiger partial charge on any atom is -0.384 e. The summed E-state index contributed by atoms with van der Waals surface area (Å²) in [6, 6.07) is 3.95. The molecular weight excluding hydrogens is 286 g/mol. The van der Waals surface area contributed by atoms with Crippen molar-refractivity contribution in [2.24, 2.45) is 0 Å². The van der Waals surface area contributed by atoms with Crippen LogP contribution in [0.2, 0.25) is 0 Å². The van der Waals surface area contributed by atoms with E-state index in [1.54, 1.807) is 6.07 Å². The zero-order chi connectivity index (χ0) is 15.3. The molecule has 0 atom stereocenters. The van der Waals surface area contributed by atoms with E-state index in [0.29, 0.717) is 11.0 Å². The average molecular weight is 305 g/mol.